The highest BCUT2D eigenvalue weighted by Crippen LogP contribution is 2.15. The lowest BCUT2D eigenvalue weighted by Gasteiger charge is -2.20. The zero-order valence-corrected chi connectivity index (χ0v) is 9.87. The fourth-order valence-electron chi connectivity index (χ4n) is 1.84. The van der Waals surface area contributed by atoms with E-state index in [1.807, 2.05) is 13.8 Å². The fraction of sp³-hybridized carbons (Fsp3) is 0.417. The van der Waals surface area contributed by atoms with Crippen LogP contribution >= 0.6 is 0 Å². The molecule has 2 rings (SSSR count). The molecule has 0 bridgehead atoms. The van der Waals surface area contributed by atoms with Gasteiger partial charge in [-0.2, -0.15) is 0 Å². The van der Waals surface area contributed by atoms with Crippen molar-refractivity contribution in [2.24, 2.45) is 5.92 Å². The first-order valence-corrected chi connectivity index (χ1v) is 5.57. The maximum absolute atomic E-state index is 12.2. The maximum atomic E-state index is 12.2. The number of hydrogen-bond acceptors (Lipinski definition) is 4. The smallest absolute Gasteiger partial charge is 0.261 e. The highest BCUT2D eigenvalue weighted by atomic mass is 16.3. The van der Waals surface area contributed by atoms with Crippen molar-refractivity contribution in [3.8, 4) is 0 Å². The van der Waals surface area contributed by atoms with Crippen molar-refractivity contribution in [2.45, 2.75) is 19.9 Å². The molecular formula is C12H15N3O2. The lowest BCUT2D eigenvalue weighted by molar-refractivity contribution is 0.189. The molecule has 5 nitrogen and oxygen atoms in total. The van der Waals surface area contributed by atoms with E-state index in [0.717, 1.165) is 0 Å². The first-order chi connectivity index (χ1) is 8.15. The molecule has 0 radical (unpaired) electrons. The van der Waals surface area contributed by atoms with Crippen molar-refractivity contribution in [3.63, 3.8) is 0 Å². The topological polar surface area (TPSA) is 68.0 Å². The van der Waals surface area contributed by atoms with Crippen LogP contribution in [0.3, 0.4) is 0 Å². The molecule has 1 atom stereocenters. The third-order valence-electron chi connectivity index (χ3n) is 2.90. The van der Waals surface area contributed by atoms with Crippen molar-refractivity contribution >= 4 is 10.9 Å². The summed E-state index contributed by atoms with van der Waals surface area (Å²) in [6, 6.07) is 1.41. The van der Waals surface area contributed by atoms with Gasteiger partial charge in [0.25, 0.3) is 5.56 Å². The molecule has 5 heteroatoms. The van der Waals surface area contributed by atoms with Crippen LogP contribution in [0.2, 0.25) is 0 Å². The van der Waals surface area contributed by atoms with E-state index in [4.69, 9.17) is 0 Å². The zero-order chi connectivity index (χ0) is 12.4. The van der Waals surface area contributed by atoms with E-state index in [1.54, 1.807) is 18.5 Å². The first-order valence-electron chi connectivity index (χ1n) is 5.57. The van der Waals surface area contributed by atoms with Crippen molar-refractivity contribution in [3.05, 3.63) is 35.1 Å². The molecule has 2 aromatic heterocycles. The quantitative estimate of drug-likeness (QED) is 0.858. The van der Waals surface area contributed by atoms with E-state index in [0.29, 0.717) is 10.9 Å². The molecule has 2 heterocycles. The Balaban J connectivity index is 2.64. The van der Waals surface area contributed by atoms with E-state index in [9.17, 15) is 9.90 Å². The highest BCUT2D eigenvalue weighted by Gasteiger charge is 2.16. The molecule has 0 spiro atoms. The largest absolute Gasteiger partial charge is 0.394 e. The van der Waals surface area contributed by atoms with Crippen LogP contribution < -0.4 is 5.56 Å². The van der Waals surface area contributed by atoms with Crippen LogP contribution in [-0.2, 0) is 0 Å². The van der Waals surface area contributed by atoms with E-state index < -0.39 is 0 Å². The molecule has 90 valence electrons. The number of aromatic nitrogens is 3. The van der Waals surface area contributed by atoms with Gasteiger partial charge in [-0.25, -0.2) is 4.98 Å². The third-order valence-corrected chi connectivity index (χ3v) is 2.90. The van der Waals surface area contributed by atoms with Gasteiger partial charge in [0.1, 0.15) is 0 Å². The van der Waals surface area contributed by atoms with Crippen molar-refractivity contribution in [1.82, 2.24) is 14.5 Å². The van der Waals surface area contributed by atoms with Gasteiger partial charge in [-0.15, -0.1) is 0 Å². The Morgan fingerprint density at radius 1 is 1.47 bits per heavy atom. The van der Waals surface area contributed by atoms with E-state index >= 15 is 0 Å². The lowest BCUT2D eigenvalue weighted by Crippen LogP contribution is -2.30. The summed E-state index contributed by atoms with van der Waals surface area (Å²) in [5.41, 5.74) is 0.444. The van der Waals surface area contributed by atoms with Gasteiger partial charge in [-0.05, 0) is 12.0 Å². The number of nitrogens with zero attached hydrogens (tertiary/aromatic N) is 3. The summed E-state index contributed by atoms with van der Waals surface area (Å²) in [5.74, 6) is 0.166. The van der Waals surface area contributed by atoms with Crippen molar-refractivity contribution in [1.29, 1.82) is 0 Å². The molecule has 0 aliphatic heterocycles. The molecule has 17 heavy (non-hydrogen) atoms. The summed E-state index contributed by atoms with van der Waals surface area (Å²) >= 11 is 0. The van der Waals surface area contributed by atoms with Crippen LogP contribution in [0.5, 0.6) is 0 Å². The highest BCUT2D eigenvalue weighted by molar-refractivity contribution is 5.75. The van der Waals surface area contributed by atoms with Gasteiger partial charge >= 0.3 is 0 Å². The summed E-state index contributed by atoms with van der Waals surface area (Å²) in [4.78, 5) is 20.3. The summed E-state index contributed by atoms with van der Waals surface area (Å²) < 4.78 is 1.49. The molecule has 1 unspecified atom stereocenters. The number of hydrogen-bond donors (Lipinski definition) is 1. The SMILES string of the molecule is CC(C)C(CO)n1cnc2cnccc2c1=O. The molecule has 0 amide bonds. The normalized spacial score (nSPS) is 13.2. The van der Waals surface area contributed by atoms with Crippen LogP contribution in [0, 0.1) is 5.92 Å². The van der Waals surface area contributed by atoms with Crippen LogP contribution in [-0.4, -0.2) is 26.2 Å². The minimum Gasteiger partial charge on any atom is -0.394 e. The summed E-state index contributed by atoms with van der Waals surface area (Å²) in [7, 11) is 0. The van der Waals surface area contributed by atoms with Crippen molar-refractivity contribution < 1.29 is 5.11 Å². The second-order valence-electron chi connectivity index (χ2n) is 4.34. The van der Waals surface area contributed by atoms with E-state index in [2.05, 4.69) is 9.97 Å². The number of aliphatic hydroxyl groups excluding tert-OH is 1. The van der Waals surface area contributed by atoms with Gasteiger partial charge in [-0.1, -0.05) is 13.8 Å². The predicted octanol–water partition coefficient (Wildman–Crippen LogP) is 0.981. The van der Waals surface area contributed by atoms with E-state index in [-0.39, 0.29) is 24.1 Å². The number of aliphatic hydroxyl groups is 1. The Kier molecular flexibility index (Phi) is 3.19. The Morgan fingerprint density at radius 2 is 2.24 bits per heavy atom. The van der Waals surface area contributed by atoms with Gasteiger partial charge in [0, 0.05) is 6.20 Å². The number of rotatable bonds is 3. The molecule has 0 aliphatic carbocycles. The monoisotopic (exact) mass is 233 g/mol. The Labute approximate surface area is 98.8 Å². The number of pyridine rings is 1. The maximum Gasteiger partial charge on any atom is 0.261 e. The minimum absolute atomic E-state index is 0.0736. The van der Waals surface area contributed by atoms with Crippen LogP contribution in [0.4, 0.5) is 0 Å². The molecule has 0 aromatic carbocycles. The molecule has 0 fully saturated rings. The average Bonchev–Trinajstić information content (AvgIpc) is 2.33. The minimum atomic E-state index is -0.243. The standard InChI is InChI=1S/C12H15N3O2/c1-8(2)11(6-16)15-7-14-10-5-13-4-3-9(10)12(15)17/h3-5,7-8,11,16H,6H2,1-2H3. The number of fused-ring (bicyclic) bond motifs is 1. The lowest BCUT2D eigenvalue weighted by atomic mass is 10.1. The molecule has 0 saturated carbocycles. The van der Waals surface area contributed by atoms with Gasteiger partial charge < -0.3 is 5.11 Å². The van der Waals surface area contributed by atoms with E-state index in [1.165, 1.54) is 10.9 Å². The molecule has 0 saturated heterocycles. The first kappa shape index (κ1) is 11.7. The van der Waals surface area contributed by atoms with Gasteiger partial charge in [0.2, 0.25) is 0 Å². The average molecular weight is 233 g/mol. The molecule has 2 aromatic rings. The fourth-order valence-corrected chi connectivity index (χ4v) is 1.84. The van der Waals surface area contributed by atoms with Gasteiger partial charge in [0.15, 0.2) is 0 Å². The second-order valence-corrected chi connectivity index (χ2v) is 4.34. The van der Waals surface area contributed by atoms with Crippen LogP contribution in [0.25, 0.3) is 10.9 Å². The third kappa shape index (κ3) is 2.06. The Morgan fingerprint density at radius 3 is 2.88 bits per heavy atom. The zero-order valence-electron chi connectivity index (χ0n) is 9.87. The summed E-state index contributed by atoms with van der Waals surface area (Å²) in [6.45, 7) is 3.85. The molecular weight excluding hydrogens is 218 g/mol. The molecule has 0 aliphatic rings. The second kappa shape index (κ2) is 4.63. The summed E-state index contributed by atoms with van der Waals surface area (Å²) in [6.07, 6.45) is 4.61. The van der Waals surface area contributed by atoms with Gasteiger partial charge in [0.05, 0.1) is 36.1 Å². The summed E-state index contributed by atoms with van der Waals surface area (Å²) in [5, 5.41) is 9.88. The Hall–Kier alpha value is -1.75. The molecule has 1 N–H and O–H groups in total. The Bertz CT molecular complexity index is 577. The van der Waals surface area contributed by atoms with Gasteiger partial charge in [-0.3, -0.25) is 14.3 Å². The predicted molar refractivity (Wildman–Crippen MR) is 64.8 cm³/mol. The van der Waals surface area contributed by atoms with Crippen LogP contribution in [0.1, 0.15) is 19.9 Å². The van der Waals surface area contributed by atoms with Crippen molar-refractivity contribution in [2.75, 3.05) is 6.61 Å². The van der Waals surface area contributed by atoms with Crippen LogP contribution in [0.15, 0.2) is 29.6 Å².